The average molecular weight is 239 g/mol. The van der Waals surface area contributed by atoms with E-state index >= 15 is 0 Å². The van der Waals surface area contributed by atoms with Gasteiger partial charge < -0.3 is 4.90 Å². The van der Waals surface area contributed by atoms with E-state index in [4.69, 9.17) is 0 Å². The van der Waals surface area contributed by atoms with Crippen LogP contribution in [0, 0.1) is 5.41 Å². The van der Waals surface area contributed by atoms with Crippen LogP contribution in [0.3, 0.4) is 0 Å². The Morgan fingerprint density at radius 1 is 0.882 bits per heavy atom. The van der Waals surface area contributed by atoms with Gasteiger partial charge in [0.2, 0.25) is 0 Å². The van der Waals surface area contributed by atoms with E-state index in [1.807, 2.05) is 0 Å². The van der Waals surface area contributed by atoms with Gasteiger partial charge in [0.15, 0.2) is 0 Å². The van der Waals surface area contributed by atoms with Crippen LogP contribution in [-0.2, 0) is 0 Å². The van der Waals surface area contributed by atoms with Crippen molar-refractivity contribution in [1.82, 2.24) is 4.90 Å². The predicted octanol–water partition coefficient (Wildman–Crippen LogP) is 4.86. The third-order valence-electron chi connectivity index (χ3n) is 4.32. The molecule has 1 aliphatic heterocycles. The van der Waals surface area contributed by atoms with Crippen molar-refractivity contribution in [2.45, 2.75) is 78.6 Å². The Labute approximate surface area is 109 Å². The summed E-state index contributed by atoms with van der Waals surface area (Å²) in [6.07, 6.45) is 12.7. The van der Waals surface area contributed by atoms with Crippen molar-refractivity contribution in [2.75, 3.05) is 19.6 Å². The number of unbranched alkanes of at least 4 members (excludes halogenated alkanes) is 3. The van der Waals surface area contributed by atoms with E-state index in [9.17, 15) is 0 Å². The molecular formula is C16H33N. The fraction of sp³-hybridized carbons (Fsp3) is 1.00. The van der Waals surface area contributed by atoms with E-state index in [0.29, 0.717) is 5.41 Å². The summed E-state index contributed by atoms with van der Waals surface area (Å²) in [5, 5.41) is 0. The van der Waals surface area contributed by atoms with Crippen LogP contribution in [0.5, 0.6) is 0 Å². The molecule has 1 heterocycles. The van der Waals surface area contributed by atoms with Gasteiger partial charge in [-0.15, -0.1) is 0 Å². The Morgan fingerprint density at radius 3 is 2.06 bits per heavy atom. The van der Waals surface area contributed by atoms with Crippen molar-refractivity contribution in [1.29, 1.82) is 0 Å². The van der Waals surface area contributed by atoms with Crippen LogP contribution in [0.4, 0.5) is 0 Å². The minimum Gasteiger partial charge on any atom is -0.303 e. The highest BCUT2D eigenvalue weighted by Gasteiger charge is 2.27. The Bertz CT molecular complexity index is 184. The summed E-state index contributed by atoms with van der Waals surface area (Å²) in [6, 6.07) is 0. The monoisotopic (exact) mass is 239 g/mol. The second-order valence-corrected chi connectivity index (χ2v) is 6.35. The maximum Gasteiger partial charge on any atom is 0.00353 e. The molecule has 102 valence electrons. The fourth-order valence-corrected chi connectivity index (χ4v) is 3.17. The van der Waals surface area contributed by atoms with E-state index in [2.05, 4.69) is 25.7 Å². The second-order valence-electron chi connectivity index (χ2n) is 6.35. The predicted molar refractivity (Wildman–Crippen MR) is 77.4 cm³/mol. The van der Waals surface area contributed by atoms with Crippen molar-refractivity contribution < 1.29 is 0 Å². The molecule has 0 aromatic carbocycles. The summed E-state index contributed by atoms with van der Waals surface area (Å²) in [5.74, 6) is 0. The number of likely N-dealkylation sites (tertiary alicyclic amines) is 1. The zero-order valence-electron chi connectivity index (χ0n) is 12.4. The molecule has 1 saturated heterocycles. The molecule has 0 N–H and O–H groups in total. The van der Waals surface area contributed by atoms with E-state index in [1.54, 1.807) is 0 Å². The maximum absolute atomic E-state index is 2.71. The molecule has 1 rings (SSSR count). The van der Waals surface area contributed by atoms with Gasteiger partial charge in [-0.05, 0) is 44.2 Å². The first-order valence-corrected chi connectivity index (χ1v) is 7.92. The van der Waals surface area contributed by atoms with Gasteiger partial charge in [-0.3, -0.25) is 0 Å². The van der Waals surface area contributed by atoms with Crippen LogP contribution >= 0.6 is 0 Å². The molecule has 0 bridgehead atoms. The van der Waals surface area contributed by atoms with Gasteiger partial charge in [0.1, 0.15) is 0 Å². The summed E-state index contributed by atoms with van der Waals surface area (Å²) in [7, 11) is 0. The zero-order chi connectivity index (χ0) is 12.6. The highest BCUT2D eigenvalue weighted by molar-refractivity contribution is 4.80. The molecule has 0 radical (unpaired) electrons. The van der Waals surface area contributed by atoms with E-state index in [1.165, 1.54) is 77.4 Å². The SMILES string of the molecule is CCCCCC(C)(CCCC)CN1CCCC1. The van der Waals surface area contributed by atoms with E-state index in [-0.39, 0.29) is 0 Å². The van der Waals surface area contributed by atoms with Gasteiger partial charge >= 0.3 is 0 Å². The molecule has 1 unspecified atom stereocenters. The summed E-state index contributed by atoms with van der Waals surface area (Å²) in [6.45, 7) is 11.2. The Balaban J connectivity index is 2.38. The van der Waals surface area contributed by atoms with Crippen molar-refractivity contribution >= 4 is 0 Å². The number of nitrogens with zero attached hydrogens (tertiary/aromatic N) is 1. The third kappa shape index (κ3) is 5.90. The van der Waals surface area contributed by atoms with Gasteiger partial charge in [-0.2, -0.15) is 0 Å². The Kier molecular flexibility index (Phi) is 7.18. The average Bonchev–Trinajstić information content (AvgIpc) is 2.79. The van der Waals surface area contributed by atoms with Crippen molar-refractivity contribution in [3.63, 3.8) is 0 Å². The van der Waals surface area contributed by atoms with Crippen LogP contribution < -0.4 is 0 Å². The number of rotatable bonds is 9. The smallest absolute Gasteiger partial charge is 0.00353 e. The minimum atomic E-state index is 0.593. The molecule has 1 fully saturated rings. The molecule has 1 aliphatic rings. The van der Waals surface area contributed by atoms with Gasteiger partial charge in [0.25, 0.3) is 0 Å². The quantitative estimate of drug-likeness (QED) is 0.519. The molecule has 17 heavy (non-hydrogen) atoms. The molecule has 0 spiro atoms. The molecule has 1 nitrogen and oxygen atoms in total. The Morgan fingerprint density at radius 2 is 1.47 bits per heavy atom. The van der Waals surface area contributed by atoms with Crippen LogP contribution in [0.1, 0.15) is 78.6 Å². The molecule has 1 atom stereocenters. The van der Waals surface area contributed by atoms with Crippen LogP contribution in [0.2, 0.25) is 0 Å². The number of hydrogen-bond acceptors (Lipinski definition) is 1. The molecule has 0 aromatic rings. The summed E-state index contributed by atoms with van der Waals surface area (Å²) in [4.78, 5) is 2.71. The lowest BCUT2D eigenvalue weighted by Gasteiger charge is -2.34. The fourth-order valence-electron chi connectivity index (χ4n) is 3.17. The van der Waals surface area contributed by atoms with Crippen molar-refractivity contribution in [3.05, 3.63) is 0 Å². The number of hydrogen-bond donors (Lipinski definition) is 0. The van der Waals surface area contributed by atoms with E-state index < -0.39 is 0 Å². The molecule has 0 saturated carbocycles. The first-order valence-electron chi connectivity index (χ1n) is 7.92. The van der Waals surface area contributed by atoms with Crippen LogP contribution in [0.15, 0.2) is 0 Å². The standard InChI is InChI=1S/C16H33N/c1-4-6-8-12-16(3,11-7-5-2)15-17-13-9-10-14-17/h4-15H2,1-3H3. The lowest BCUT2D eigenvalue weighted by Crippen LogP contribution is -2.34. The highest BCUT2D eigenvalue weighted by atomic mass is 15.1. The summed E-state index contributed by atoms with van der Waals surface area (Å²) < 4.78 is 0. The van der Waals surface area contributed by atoms with Gasteiger partial charge in [0, 0.05) is 6.54 Å². The normalized spacial score (nSPS) is 20.6. The van der Waals surface area contributed by atoms with Crippen molar-refractivity contribution in [2.24, 2.45) is 5.41 Å². The molecule has 0 aliphatic carbocycles. The van der Waals surface area contributed by atoms with E-state index in [0.717, 1.165) is 0 Å². The Hall–Kier alpha value is -0.0400. The first-order chi connectivity index (χ1) is 8.20. The molecule has 0 aromatic heterocycles. The van der Waals surface area contributed by atoms with Crippen LogP contribution in [-0.4, -0.2) is 24.5 Å². The van der Waals surface area contributed by atoms with Gasteiger partial charge in [-0.1, -0.05) is 52.9 Å². The lowest BCUT2D eigenvalue weighted by molar-refractivity contribution is 0.159. The summed E-state index contributed by atoms with van der Waals surface area (Å²) >= 11 is 0. The second kappa shape index (κ2) is 8.13. The van der Waals surface area contributed by atoms with Crippen molar-refractivity contribution in [3.8, 4) is 0 Å². The molecule has 0 amide bonds. The zero-order valence-corrected chi connectivity index (χ0v) is 12.4. The summed E-state index contributed by atoms with van der Waals surface area (Å²) in [5.41, 5.74) is 0.593. The highest BCUT2D eigenvalue weighted by Crippen LogP contribution is 2.32. The maximum atomic E-state index is 2.71. The minimum absolute atomic E-state index is 0.593. The molecule has 1 heteroatoms. The van der Waals surface area contributed by atoms with Gasteiger partial charge in [0.05, 0.1) is 0 Å². The third-order valence-corrected chi connectivity index (χ3v) is 4.32. The first kappa shape index (κ1) is 15.0. The molecular weight excluding hydrogens is 206 g/mol. The van der Waals surface area contributed by atoms with Crippen LogP contribution in [0.25, 0.3) is 0 Å². The topological polar surface area (TPSA) is 3.24 Å². The largest absolute Gasteiger partial charge is 0.303 e. The van der Waals surface area contributed by atoms with Gasteiger partial charge in [-0.25, -0.2) is 0 Å². The lowest BCUT2D eigenvalue weighted by atomic mass is 9.79.